The Morgan fingerprint density at radius 1 is 1.24 bits per heavy atom. The highest BCUT2D eigenvalue weighted by molar-refractivity contribution is 5.65. The molecule has 2 fully saturated rings. The number of rotatable bonds is 3. The fourth-order valence-corrected chi connectivity index (χ4v) is 3.98. The molecule has 0 amide bonds. The molecule has 1 N–H and O–H groups in total. The Kier molecular flexibility index (Phi) is 4.10. The van der Waals surface area contributed by atoms with E-state index in [0.29, 0.717) is 17.5 Å². The highest BCUT2D eigenvalue weighted by Gasteiger charge is 2.35. The van der Waals surface area contributed by atoms with Crippen LogP contribution in [0.5, 0.6) is 0 Å². The molecule has 0 aromatic heterocycles. The minimum Gasteiger partial charge on any atom is -0.392 e. The zero-order chi connectivity index (χ0) is 14.8. The maximum atomic E-state index is 11.4. The number of fused-ring (bicyclic) bond motifs is 1. The number of nitro benzene ring substituents is 1. The third kappa shape index (κ3) is 2.75. The van der Waals surface area contributed by atoms with E-state index in [1.165, 1.54) is 31.7 Å². The zero-order valence-corrected chi connectivity index (χ0v) is 12.2. The standard InChI is InChI=1S/C16H22N2O3/c19-11-12-7-8-15(16(10-12)18(20)21)17-9-3-5-13-4-1-2-6-14(13)17/h7-8,10,13-14,19H,1-6,9,11H2. The summed E-state index contributed by atoms with van der Waals surface area (Å²) in [6.07, 6.45) is 7.28. The summed E-state index contributed by atoms with van der Waals surface area (Å²) in [6.45, 7) is 0.744. The van der Waals surface area contributed by atoms with Gasteiger partial charge in [0.25, 0.3) is 5.69 Å². The summed E-state index contributed by atoms with van der Waals surface area (Å²) < 4.78 is 0. The van der Waals surface area contributed by atoms with Gasteiger partial charge in [0.15, 0.2) is 0 Å². The molecule has 0 spiro atoms. The molecular weight excluding hydrogens is 268 g/mol. The van der Waals surface area contributed by atoms with Gasteiger partial charge >= 0.3 is 0 Å². The molecular formula is C16H22N2O3. The summed E-state index contributed by atoms with van der Waals surface area (Å²) in [6, 6.07) is 5.59. The van der Waals surface area contributed by atoms with Gasteiger partial charge in [-0.1, -0.05) is 18.9 Å². The number of nitrogens with zero attached hydrogens (tertiary/aromatic N) is 2. The summed E-state index contributed by atoms with van der Waals surface area (Å²) in [4.78, 5) is 13.3. The van der Waals surface area contributed by atoms with Crippen molar-refractivity contribution in [3.63, 3.8) is 0 Å². The molecule has 1 aliphatic carbocycles. The molecule has 0 radical (unpaired) electrons. The number of hydrogen-bond donors (Lipinski definition) is 1. The Bertz CT molecular complexity index is 530. The first-order valence-corrected chi connectivity index (χ1v) is 7.85. The molecule has 1 aliphatic heterocycles. The lowest BCUT2D eigenvalue weighted by molar-refractivity contribution is -0.384. The SMILES string of the molecule is O=[N+]([O-])c1cc(CO)ccc1N1CCCC2CCCCC21. The lowest BCUT2D eigenvalue weighted by Gasteiger charge is -2.45. The van der Waals surface area contributed by atoms with Crippen LogP contribution in [0.2, 0.25) is 0 Å². The first kappa shape index (κ1) is 14.3. The Hall–Kier alpha value is -1.62. The fourth-order valence-electron chi connectivity index (χ4n) is 3.98. The second kappa shape index (κ2) is 6.02. The molecule has 1 aromatic rings. The van der Waals surface area contributed by atoms with Gasteiger partial charge in [-0.25, -0.2) is 0 Å². The molecule has 114 valence electrons. The Morgan fingerprint density at radius 3 is 2.76 bits per heavy atom. The van der Waals surface area contributed by atoms with E-state index >= 15 is 0 Å². The average molecular weight is 290 g/mol. The molecule has 1 aromatic carbocycles. The van der Waals surface area contributed by atoms with Crippen LogP contribution in [-0.4, -0.2) is 22.6 Å². The highest BCUT2D eigenvalue weighted by atomic mass is 16.6. The van der Waals surface area contributed by atoms with Gasteiger partial charge in [0, 0.05) is 18.7 Å². The van der Waals surface area contributed by atoms with Crippen molar-refractivity contribution in [1.82, 2.24) is 0 Å². The number of hydrogen-bond acceptors (Lipinski definition) is 4. The van der Waals surface area contributed by atoms with E-state index < -0.39 is 0 Å². The van der Waals surface area contributed by atoms with E-state index in [2.05, 4.69) is 4.90 Å². The summed E-state index contributed by atoms with van der Waals surface area (Å²) in [5.41, 5.74) is 1.46. The van der Waals surface area contributed by atoms with Crippen LogP contribution in [0, 0.1) is 16.0 Å². The first-order valence-electron chi connectivity index (χ1n) is 7.85. The van der Waals surface area contributed by atoms with Gasteiger partial charge in [-0.3, -0.25) is 10.1 Å². The van der Waals surface area contributed by atoms with E-state index in [4.69, 9.17) is 0 Å². The minimum absolute atomic E-state index is 0.132. The first-order chi connectivity index (χ1) is 10.2. The van der Waals surface area contributed by atoms with Gasteiger partial charge in [-0.2, -0.15) is 0 Å². The molecule has 3 rings (SSSR count). The van der Waals surface area contributed by atoms with Crippen LogP contribution in [0.4, 0.5) is 11.4 Å². The largest absolute Gasteiger partial charge is 0.392 e. The average Bonchev–Trinajstić information content (AvgIpc) is 2.53. The molecule has 2 atom stereocenters. The van der Waals surface area contributed by atoms with Crippen LogP contribution >= 0.6 is 0 Å². The summed E-state index contributed by atoms with van der Waals surface area (Å²) in [7, 11) is 0. The molecule has 5 heteroatoms. The van der Waals surface area contributed by atoms with Crippen molar-refractivity contribution in [1.29, 1.82) is 0 Å². The lowest BCUT2D eigenvalue weighted by Crippen LogP contribution is -2.47. The molecule has 21 heavy (non-hydrogen) atoms. The third-order valence-electron chi connectivity index (χ3n) is 4.97. The van der Waals surface area contributed by atoms with E-state index in [0.717, 1.165) is 25.1 Å². The maximum absolute atomic E-state index is 11.4. The van der Waals surface area contributed by atoms with E-state index in [-0.39, 0.29) is 17.2 Å². The van der Waals surface area contributed by atoms with Gasteiger partial charge in [0.05, 0.1) is 11.5 Å². The molecule has 2 unspecified atom stereocenters. The van der Waals surface area contributed by atoms with Crippen molar-refractivity contribution in [2.75, 3.05) is 11.4 Å². The van der Waals surface area contributed by atoms with Crippen molar-refractivity contribution < 1.29 is 10.0 Å². The highest BCUT2D eigenvalue weighted by Crippen LogP contribution is 2.40. The lowest BCUT2D eigenvalue weighted by atomic mass is 9.78. The van der Waals surface area contributed by atoms with Crippen LogP contribution in [-0.2, 0) is 6.61 Å². The number of nitro groups is 1. The van der Waals surface area contributed by atoms with Gasteiger partial charge in [-0.05, 0) is 43.2 Å². The monoisotopic (exact) mass is 290 g/mol. The van der Waals surface area contributed by atoms with Crippen LogP contribution in [0.25, 0.3) is 0 Å². The second-order valence-corrected chi connectivity index (χ2v) is 6.19. The Morgan fingerprint density at radius 2 is 2.00 bits per heavy atom. The summed E-state index contributed by atoms with van der Waals surface area (Å²) in [5.74, 6) is 0.685. The normalized spacial score (nSPS) is 25.5. The van der Waals surface area contributed by atoms with Crippen LogP contribution < -0.4 is 4.90 Å². The van der Waals surface area contributed by atoms with Crippen LogP contribution in [0.3, 0.4) is 0 Å². The minimum atomic E-state index is -0.319. The third-order valence-corrected chi connectivity index (χ3v) is 4.97. The number of piperidine rings is 1. The van der Waals surface area contributed by atoms with Gasteiger partial charge < -0.3 is 10.0 Å². The van der Waals surface area contributed by atoms with Gasteiger partial charge in [0.2, 0.25) is 0 Å². The molecule has 1 heterocycles. The molecule has 1 saturated carbocycles. The van der Waals surface area contributed by atoms with Crippen molar-refractivity contribution in [2.24, 2.45) is 5.92 Å². The topological polar surface area (TPSA) is 66.6 Å². The van der Waals surface area contributed by atoms with Gasteiger partial charge in [0.1, 0.15) is 5.69 Å². The summed E-state index contributed by atoms with van der Waals surface area (Å²) >= 11 is 0. The number of anilines is 1. The zero-order valence-electron chi connectivity index (χ0n) is 12.2. The van der Waals surface area contributed by atoms with Crippen molar-refractivity contribution in [3.8, 4) is 0 Å². The Labute approximate surface area is 124 Å². The predicted molar refractivity (Wildman–Crippen MR) is 81.3 cm³/mol. The number of aliphatic hydroxyl groups is 1. The van der Waals surface area contributed by atoms with Crippen LogP contribution in [0.15, 0.2) is 18.2 Å². The smallest absolute Gasteiger partial charge is 0.292 e. The second-order valence-electron chi connectivity index (χ2n) is 6.19. The van der Waals surface area contributed by atoms with E-state index in [1.54, 1.807) is 6.07 Å². The molecule has 1 saturated heterocycles. The maximum Gasteiger partial charge on any atom is 0.292 e. The van der Waals surface area contributed by atoms with Crippen molar-refractivity contribution in [2.45, 2.75) is 51.2 Å². The molecule has 2 aliphatic rings. The quantitative estimate of drug-likeness (QED) is 0.685. The van der Waals surface area contributed by atoms with Crippen LogP contribution in [0.1, 0.15) is 44.1 Å². The Balaban J connectivity index is 1.96. The molecule has 0 bridgehead atoms. The summed E-state index contributed by atoms with van der Waals surface area (Å²) in [5, 5.41) is 20.6. The van der Waals surface area contributed by atoms with E-state index in [9.17, 15) is 15.2 Å². The number of benzene rings is 1. The van der Waals surface area contributed by atoms with Crippen molar-refractivity contribution >= 4 is 11.4 Å². The predicted octanol–water partition coefficient (Wildman–Crippen LogP) is 3.25. The van der Waals surface area contributed by atoms with Crippen molar-refractivity contribution in [3.05, 3.63) is 33.9 Å². The molecule has 5 nitrogen and oxygen atoms in total. The fraction of sp³-hybridized carbons (Fsp3) is 0.625. The van der Waals surface area contributed by atoms with Gasteiger partial charge in [-0.15, -0.1) is 0 Å². The van der Waals surface area contributed by atoms with E-state index in [1.807, 2.05) is 6.07 Å². The number of aliphatic hydroxyl groups excluding tert-OH is 1.